The minimum absolute atomic E-state index is 0.751. The first kappa shape index (κ1) is 10.7. The zero-order valence-corrected chi connectivity index (χ0v) is 8.88. The van der Waals surface area contributed by atoms with Gasteiger partial charge in [0.25, 0.3) is 0 Å². The molecule has 0 aromatic carbocycles. The van der Waals surface area contributed by atoms with Gasteiger partial charge in [0.2, 0.25) is 0 Å². The predicted octanol–water partition coefficient (Wildman–Crippen LogP) is 2.06. The van der Waals surface area contributed by atoms with Crippen molar-refractivity contribution in [3.05, 3.63) is 12.2 Å². The van der Waals surface area contributed by atoms with E-state index in [2.05, 4.69) is 18.5 Å². The first-order valence-electron chi connectivity index (χ1n) is 5.10. The molecule has 0 amide bonds. The highest BCUT2D eigenvalue weighted by atomic mass is 16.5. The van der Waals surface area contributed by atoms with E-state index in [0.717, 1.165) is 19.2 Å². The van der Waals surface area contributed by atoms with Crippen LogP contribution in [-0.2, 0) is 4.74 Å². The smallest absolute Gasteiger partial charge is 0.0589 e. The quantitative estimate of drug-likeness (QED) is 0.619. The lowest BCUT2D eigenvalue weighted by molar-refractivity contribution is 0.128. The molecule has 2 heteroatoms. The number of methoxy groups -OCH3 is 1. The van der Waals surface area contributed by atoms with Gasteiger partial charge < -0.3 is 9.64 Å². The SMILES string of the molecule is C=C1CCC(N(C)CCOC)CC1. The maximum absolute atomic E-state index is 5.07. The van der Waals surface area contributed by atoms with Crippen molar-refractivity contribution in [1.29, 1.82) is 0 Å². The Morgan fingerprint density at radius 3 is 2.62 bits per heavy atom. The van der Waals surface area contributed by atoms with Crippen molar-refractivity contribution < 1.29 is 4.74 Å². The lowest BCUT2D eigenvalue weighted by atomic mass is 9.91. The van der Waals surface area contributed by atoms with E-state index in [1.165, 1.54) is 31.3 Å². The number of ether oxygens (including phenoxy) is 1. The normalized spacial score (nSPS) is 19.8. The third-order valence-corrected chi connectivity index (χ3v) is 2.93. The summed E-state index contributed by atoms with van der Waals surface area (Å²) in [5.41, 5.74) is 1.43. The molecule has 0 saturated heterocycles. The van der Waals surface area contributed by atoms with Gasteiger partial charge in [0.1, 0.15) is 0 Å². The van der Waals surface area contributed by atoms with Crippen molar-refractivity contribution in [2.75, 3.05) is 27.3 Å². The van der Waals surface area contributed by atoms with Crippen molar-refractivity contribution >= 4 is 0 Å². The van der Waals surface area contributed by atoms with Crippen molar-refractivity contribution in [3.8, 4) is 0 Å². The highest BCUT2D eigenvalue weighted by Gasteiger charge is 2.18. The Morgan fingerprint density at radius 2 is 2.08 bits per heavy atom. The van der Waals surface area contributed by atoms with Crippen LogP contribution in [0.3, 0.4) is 0 Å². The first-order chi connectivity index (χ1) is 6.24. The standard InChI is InChI=1S/C11H21NO/c1-10-4-6-11(7-5-10)12(2)8-9-13-3/h11H,1,4-9H2,2-3H3. The summed E-state index contributed by atoms with van der Waals surface area (Å²) in [6.07, 6.45) is 4.97. The lowest BCUT2D eigenvalue weighted by Gasteiger charge is -2.31. The lowest BCUT2D eigenvalue weighted by Crippen LogP contribution is -2.35. The summed E-state index contributed by atoms with van der Waals surface area (Å²) >= 11 is 0. The number of nitrogens with zero attached hydrogens (tertiary/aromatic N) is 1. The molecule has 76 valence electrons. The fourth-order valence-corrected chi connectivity index (χ4v) is 1.87. The summed E-state index contributed by atoms with van der Waals surface area (Å²) in [6.45, 7) is 5.92. The maximum Gasteiger partial charge on any atom is 0.0589 e. The Kier molecular flexibility index (Phi) is 4.46. The van der Waals surface area contributed by atoms with E-state index in [0.29, 0.717) is 0 Å². The molecule has 1 aliphatic carbocycles. The summed E-state index contributed by atoms with van der Waals surface area (Å²) in [6, 6.07) is 0.751. The van der Waals surface area contributed by atoms with E-state index in [4.69, 9.17) is 4.74 Å². The minimum Gasteiger partial charge on any atom is -0.383 e. The van der Waals surface area contributed by atoms with Crippen LogP contribution in [0, 0.1) is 0 Å². The summed E-state index contributed by atoms with van der Waals surface area (Å²) in [7, 11) is 3.95. The van der Waals surface area contributed by atoms with E-state index < -0.39 is 0 Å². The molecule has 0 aromatic heterocycles. The van der Waals surface area contributed by atoms with Crippen LogP contribution in [0.4, 0.5) is 0 Å². The highest BCUT2D eigenvalue weighted by molar-refractivity contribution is 4.99. The Labute approximate surface area is 81.6 Å². The van der Waals surface area contributed by atoms with Gasteiger partial charge in [-0.05, 0) is 32.7 Å². The van der Waals surface area contributed by atoms with Crippen LogP contribution in [-0.4, -0.2) is 38.3 Å². The molecule has 0 atom stereocenters. The van der Waals surface area contributed by atoms with Gasteiger partial charge in [-0.2, -0.15) is 0 Å². The zero-order chi connectivity index (χ0) is 9.68. The van der Waals surface area contributed by atoms with Gasteiger partial charge in [-0.25, -0.2) is 0 Å². The predicted molar refractivity (Wildman–Crippen MR) is 55.9 cm³/mol. The largest absolute Gasteiger partial charge is 0.383 e. The van der Waals surface area contributed by atoms with Crippen molar-refractivity contribution in [2.45, 2.75) is 31.7 Å². The molecule has 13 heavy (non-hydrogen) atoms. The van der Waals surface area contributed by atoms with E-state index >= 15 is 0 Å². The van der Waals surface area contributed by atoms with Crippen molar-refractivity contribution in [2.24, 2.45) is 0 Å². The Balaban J connectivity index is 2.23. The Morgan fingerprint density at radius 1 is 1.46 bits per heavy atom. The molecule has 0 aromatic rings. The second kappa shape index (κ2) is 5.40. The number of hydrogen-bond donors (Lipinski definition) is 0. The van der Waals surface area contributed by atoms with E-state index in [1.807, 2.05) is 0 Å². The monoisotopic (exact) mass is 183 g/mol. The molecule has 1 aliphatic rings. The maximum atomic E-state index is 5.07. The molecular weight excluding hydrogens is 162 g/mol. The minimum atomic E-state index is 0.751. The van der Waals surface area contributed by atoms with Gasteiger partial charge in [-0.1, -0.05) is 12.2 Å². The Bertz CT molecular complexity index is 157. The van der Waals surface area contributed by atoms with Gasteiger partial charge in [-0.15, -0.1) is 0 Å². The summed E-state index contributed by atoms with van der Waals surface area (Å²) in [5.74, 6) is 0. The van der Waals surface area contributed by atoms with Crippen LogP contribution in [0.5, 0.6) is 0 Å². The van der Waals surface area contributed by atoms with Gasteiger partial charge in [0.15, 0.2) is 0 Å². The molecule has 1 saturated carbocycles. The van der Waals surface area contributed by atoms with Crippen molar-refractivity contribution in [1.82, 2.24) is 4.90 Å². The van der Waals surface area contributed by atoms with Crippen LogP contribution < -0.4 is 0 Å². The molecule has 0 spiro atoms. The Hall–Kier alpha value is -0.340. The van der Waals surface area contributed by atoms with E-state index in [9.17, 15) is 0 Å². The highest BCUT2D eigenvalue weighted by Crippen LogP contribution is 2.24. The fraction of sp³-hybridized carbons (Fsp3) is 0.818. The van der Waals surface area contributed by atoms with Crippen LogP contribution in [0.25, 0.3) is 0 Å². The molecule has 0 unspecified atom stereocenters. The summed E-state index contributed by atoms with van der Waals surface area (Å²) < 4.78 is 5.07. The molecule has 0 heterocycles. The molecule has 1 fully saturated rings. The van der Waals surface area contributed by atoms with Gasteiger partial charge >= 0.3 is 0 Å². The number of rotatable bonds is 4. The third kappa shape index (κ3) is 3.49. The van der Waals surface area contributed by atoms with E-state index in [-0.39, 0.29) is 0 Å². The average molecular weight is 183 g/mol. The molecule has 0 radical (unpaired) electrons. The zero-order valence-electron chi connectivity index (χ0n) is 8.88. The third-order valence-electron chi connectivity index (χ3n) is 2.93. The topological polar surface area (TPSA) is 12.5 Å². The molecule has 2 nitrogen and oxygen atoms in total. The second-order valence-corrected chi connectivity index (χ2v) is 3.95. The van der Waals surface area contributed by atoms with Crippen LogP contribution in [0.1, 0.15) is 25.7 Å². The average Bonchev–Trinajstić information content (AvgIpc) is 2.15. The first-order valence-corrected chi connectivity index (χ1v) is 5.10. The number of hydrogen-bond acceptors (Lipinski definition) is 2. The van der Waals surface area contributed by atoms with Gasteiger partial charge in [0, 0.05) is 19.7 Å². The van der Waals surface area contributed by atoms with Gasteiger partial charge in [0.05, 0.1) is 6.61 Å². The molecular formula is C11H21NO. The molecule has 0 N–H and O–H groups in total. The second-order valence-electron chi connectivity index (χ2n) is 3.95. The van der Waals surface area contributed by atoms with Gasteiger partial charge in [-0.3, -0.25) is 0 Å². The fourth-order valence-electron chi connectivity index (χ4n) is 1.87. The van der Waals surface area contributed by atoms with Crippen LogP contribution >= 0.6 is 0 Å². The summed E-state index contributed by atoms with van der Waals surface area (Å²) in [5, 5.41) is 0. The molecule has 0 aliphatic heterocycles. The van der Waals surface area contributed by atoms with Crippen molar-refractivity contribution in [3.63, 3.8) is 0 Å². The summed E-state index contributed by atoms with van der Waals surface area (Å²) in [4.78, 5) is 2.41. The number of likely N-dealkylation sites (N-methyl/N-ethyl adjacent to an activating group) is 1. The number of allylic oxidation sites excluding steroid dienone is 1. The van der Waals surface area contributed by atoms with E-state index in [1.54, 1.807) is 7.11 Å². The van der Waals surface area contributed by atoms with Crippen LogP contribution in [0.2, 0.25) is 0 Å². The van der Waals surface area contributed by atoms with Crippen LogP contribution in [0.15, 0.2) is 12.2 Å². The molecule has 0 bridgehead atoms. The molecule has 1 rings (SSSR count).